The fraction of sp³-hybridized carbons (Fsp3) is 0.154. The van der Waals surface area contributed by atoms with Crippen LogP contribution in [0.2, 0.25) is 0 Å². The number of nitrogens with two attached hydrogens (primary N) is 1. The predicted octanol–water partition coefficient (Wildman–Crippen LogP) is 4.02. The number of carbonyl (C=O) groups is 1. The molecule has 0 atom stereocenters. The summed E-state index contributed by atoms with van der Waals surface area (Å²) in [6.45, 7) is 2.16. The first-order chi connectivity index (χ1) is 17.7. The molecule has 1 amide bonds. The summed E-state index contributed by atoms with van der Waals surface area (Å²) in [5.41, 5.74) is 11.2. The third-order valence-corrected chi connectivity index (χ3v) is 7.66. The van der Waals surface area contributed by atoms with Gasteiger partial charge in [-0.25, -0.2) is 23.1 Å². The highest BCUT2D eigenvalue weighted by atomic mass is 32.2. The Bertz CT molecular complexity index is 1770. The largest absolute Gasteiger partial charge is 0.382 e. The molecule has 0 aliphatic rings. The third kappa shape index (κ3) is 5.29. The van der Waals surface area contributed by atoms with E-state index in [0.29, 0.717) is 33.7 Å². The van der Waals surface area contributed by atoms with E-state index >= 15 is 0 Å². The van der Waals surface area contributed by atoms with Crippen molar-refractivity contribution in [3.8, 4) is 0 Å². The van der Waals surface area contributed by atoms with Crippen molar-refractivity contribution in [2.24, 2.45) is 0 Å². The van der Waals surface area contributed by atoms with Crippen molar-refractivity contribution in [2.45, 2.75) is 19.9 Å². The molecule has 188 valence electrons. The summed E-state index contributed by atoms with van der Waals surface area (Å²) in [5, 5.41) is 6.61. The molecule has 3 heterocycles. The number of pyridine rings is 1. The Hall–Kier alpha value is -3.93. The molecule has 2 aromatic carbocycles. The normalized spacial score (nSPS) is 11.7. The number of nitrogens with one attached hydrogen (secondary N) is 2. The number of aromatic nitrogens is 3. The van der Waals surface area contributed by atoms with Crippen LogP contribution in [-0.4, -0.2) is 35.5 Å². The second kappa shape index (κ2) is 9.85. The fourth-order valence-corrected chi connectivity index (χ4v) is 5.53. The molecular weight excluding hydrogens is 508 g/mol. The number of benzene rings is 2. The minimum atomic E-state index is -3.28. The van der Waals surface area contributed by atoms with E-state index in [2.05, 4.69) is 25.0 Å². The molecule has 5 aromatic rings. The van der Waals surface area contributed by atoms with Crippen LogP contribution in [0.5, 0.6) is 0 Å². The van der Waals surface area contributed by atoms with Crippen LogP contribution in [-0.2, 0) is 23.0 Å². The Kier molecular flexibility index (Phi) is 6.59. The number of hydrogen-bond acceptors (Lipinski definition) is 8. The predicted molar refractivity (Wildman–Crippen MR) is 147 cm³/mol. The Morgan fingerprint density at radius 1 is 1.05 bits per heavy atom. The van der Waals surface area contributed by atoms with Crippen molar-refractivity contribution in [2.75, 3.05) is 17.3 Å². The van der Waals surface area contributed by atoms with Gasteiger partial charge in [0.05, 0.1) is 33.4 Å². The van der Waals surface area contributed by atoms with Gasteiger partial charge in [0, 0.05) is 35.3 Å². The molecule has 0 aliphatic heterocycles. The lowest BCUT2D eigenvalue weighted by molar-refractivity contribution is 0.102. The first-order valence-corrected chi connectivity index (χ1v) is 14.2. The SMILES string of the molecule is Cc1ccc2c(Cc3cccc(CNS(C)(=O)=O)c3)nccc2c1NC(=O)c1csc2c(N)ncnc12. The molecule has 0 spiro atoms. The van der Waals surface area contributed by atoms with Gasteiger partial charge in [-0.1, -0.05) is 36.4 Å². The molecule has 5 rings (SSSR count). The maximum Gasteiger partial charge on any atom is 0.258 e. The van der Waals surface area contributed by atoms with Crippen LogP contribution in [0.3, 0.4) is 0 Å². The number of anilines is 2. The summed E-state index contributed by atoms with van der Waals surface area (Å²) in [7, 11) is -3.28. The number of hydrogen-bond donors (Lipinski definition) is 3. The zero-order valence-corrected chi connectivity index (χ0v) is 21.8. The van der Waals surface area contributed by atoms with Gasteiger partial charge in [0.1, 0.15) is 12.1 Å². The average molecular weight is 533 g/mol. The van der Waals surface area contributed by atoms with Crippen molar-refractivity contribution >= 4 is 59.8 Å². The van der Waals surface area contributed by atoms with Crippen LogP contribution in [0.15, 0.2) is 60.4 Å². The molecule has 0 aliphatic carbocycles. The zero-order valence-electron chi connectivity index (χ0n) is 20.1. The Balaban J connectivity index is 1.46. The lowest BCUT2D eigenvalue weighted by atomic mass is 9.99. The number of nitrogen functional groups attached to an aromatic ring is 1. The van der Waals surface area contributed by atoms with Crippen molar-refractivity contribution < 1.29 is 13.2 Å². The monoisotopic (exact) mass is 532 g/mol. The Labute approximate surface area is 217 Å². The number of amides is 1. The van der Waals surface area contributed by atoms with Gasteiger partial charge < -0.3 is 11.1 Å². The smallest absolute Gasteiger partial charge is 0.258 e. The van der Waals surface area contributed by atoms with Crippen LogP contribution in [0.25, 0.3) is 21.0 Å². The number of aryl methyl sites for hydroxylation is 1. The van der Waals surface area contributed by atoms with Gasteiger partial charge in [0.2, 0.25) is 10.0 Å². The van der Waals surface area contributed by atoms with Crippen LogP contribution in [0, 0.1) is 6.92 Å². The van der Waals surface area contributed by atoms with E-state index in [9.17, 15) is 13.2 Å². The van der Waals surface area contributed by atoms with E-state index < -0.39 is 10.0 Å². The molecule has 11 heteroatoms. The van der Waals surface area contributed by atoms with Gasteiger partial charge in [0.25, 0.3) is 5.91 Å². The summed E-state index contributed by atoms with van der Waals surface area (Å²) in [6, 6.07) is 13.6. The minimum Gasteiger partial charge on any atom is -0.382 e. The molecular formula is C26H24N6O3S2. The lowest BCUT2D eigenvalue weighted by Crippen LogP contribution is -2.21. The van der Waals surface area contributed by atoms with Crippen molar-refractivity contribution in [3.63, 3.8) is 0 Å². The molecule has 0 unspecified atom stereocenters. The van der Waals surface area contributed by atoms with Crippen molar-refractivity contribution in [1.29, 1.82) is 0 Å². The summed E-state index contributed by atoms with van der Waals surface area (Å²) >= 11 is 1.34. The van der Waals surface area contributed by atoms with Gasteiger partial charge in [-0.05, 0) is 29.7 Å². The van der Waals surface area contributed by atoms with E-state index in [1.807, 2.05) is 49.4 Å². The molecule has 0 radical (unpaired) electrons. The quantitative estimate of drug-likeness (QED) is 0.288. The zero-order chi connectivity index (χ0) is 26.2. The van der Waals surface area contributed by atoms with Crippen LogP contribution >= 0.6 is 11.3 Å². The number of fused-ring (bicyclic) bond motifs is 2. The maximum atomic E-state index is 13.3. The Morgan fingerprint density at radius 3 is 2.68 bits per heavy atom. The topological polar surface area (TPSA) is 140 Å². The van der Waals surface area contributed by atoms with Gasteiger partial charge in [-0.15, -0.1) is 11.3 Å². The van der Waals surface area contributed by atoms with Crippen molar-refractivity contribution in [3.05, 3.63) is 88.3 Å². The first kappa shape index (κ1) is 24.8. The van der Waals surface area contributed by atoms with Gasteiger partial charge in [-0.2, -0.15) is 0 Å². The number of rotatable bonds is 7. The Morgan fingerprint density at radius 2 is 1.86 bits per heavy atom. The van der Waals surface area contributed by atoms with Gasteiger partial charge in [-0.3, -0.25) is 9.78 Å². The minimum absolute atomic E-state index is 0.221. The molecule has 4 N–H and O–H groups in total. The van der Waals surface area contributed by atoms with E-state index in [4.69, 9.17) is 5.73 Å². The number of nitrogens with zero attached hydrogens (tertiary/aromatic N) is 3. The maximum absolute atomic E-state index is 13.3. The van der Waals surface area contributed by atoms with E-state index in [-0.39, 0.29) is 12.5 Å². The second-order valence-electron chi connectivity index (χ2n) is 8.74. The molecule has 0 bridgehead atoms. The van der Waals surface area contributed by atoms with Crippen LogP contribution in [0.1, 0.15) is 32.7 Å². The molecule has 9 nitrogen and oxygen atoms in total. The highest BCUT2D eigenvalue weighted by Gasteiger charge is 2.18. The second-order valence-corrected chi connectivity index (χ2v) is 11.5. The highest BCUT2D eigenvalue weighted by molar-refractivity contribution is 7.88. The first-order valence-electron chi connectivity index (χ1n) is 11.4. The van der Waals surface area contributed by atoms with Crippen molar-refractivity contribution in [1.82, 2.24) is 19.7 Å². The summed E-state index contributed by atoms with van der Waals surface area (Å²) in [5.74, 6) is 0.0756. The summed E-state index contributed by atoms with van der Waals surface area (Å²) in [6.07, 6.45) is 4.77. The summed E-state index contributed by atoms with van der Waals surface area (Å²) in [4.78, 5) is 26.1. The van der Waals surface area contributed by atoms with Crippen LogP contribution in [0.4, 0.5) is 11.5 Å². The number of sulfonamides is 1. The molecule has 37 heavy (non-hydrogen) atoms. The molecule has 0 saturated heterocycles. The average Bonchev–Trinajstić information content (AvgIpc) is 3.30. The molecule has 0 fully saturated rings. The molecule has 0 saturated carbocycles. The van der Waals surface area contributed by atoms with Crippen LogP contribution < -0.4 is 15.8 Å². The van der Waals surface area contributed by atoms with E-state index in [1.54, 1.807) is 11.6 Å². The lowest BCUT2D eigenvalue weighted by Gasteiger charge is -2.14. The number of thiophene rings is 1. The molecule has 3 aromatic heterocycles. The standard InChI is InChI=1S/C26H24N6O3S2/c1-15-6-7-18-19(22(15)32-26(33)20-13-36-24-23(20)29-14-30-25(24)27)8-9-28-21(18)11-16-4-3-5-17(10-16)12-31-37(2,34)35/h3-10,13-14,31H,11-12H2,1-2H3,(H,32,33)(H2,27,29,30). The van der Waals surface area contributed by atoms with Gasteiger partial charge in [0.15, 0.2) is 0 Å². The summed E-state index contributed by atoms with van der Waals surface area (Å²) < 4.78 is 26.1. The van der Waals surface area contributed by atoms with Gasteiger partial charge >= 0.3 is 0 Å². The highest BCUT2D eigenvalue weighted by Crippen LogP contribution is 2.32. The third-order valence-electron chi connectivity index (χ3n) is 6.00. The number of carbonyl (C=O) groups excluding carboxylic acids is 1. The van der Waals surface area contributed by atoms with E-state index in [0.717, 1.165) is 39.4 Å². The fourth-order valence-electron chi connectivity index (χ4n) is 4.20. The van der Waals surface area contributed by atoms with E-state index in [1.165, 1.54) is 17.7 Å².